The Balaban J connectivity index is 1.44. The van der Waals surface area contributed by atoms with Crippen LogP contribution < -0.4 is 14.7 Å². The predicted molar refractivity (Wildman–Crippen MR) is 104 cm³/mol. The number of hydrogen-bond donors (Lipinski definition) is 0. The van der Waals surface area contributed by atoms with Crippen LogP contribution in [-0.4, -0.2) is 59.2 Å². The highest BCUT2D eigenvalue weighted by Gasteiger charge is 2.22. The minimum atomic E-state index is 0.832. The zero-order valence-electron chi connectivity index (χ0n) is 15.7. The molecule has 0 bridgehead atoms. The molecular weight excluding hydrogens is 326 g/mol. The molecule has 0 N–H and O–H groups in total. The molecule has 0 unspecified atom stereocenters. The van der Waals surface area contributed by atoms with Crippen LogP contribution in [0.4, 0.5) is 17.6 Å². The van der Waals surface area contributed by atoms with E-state index >= 15 is 0 Å². The lowest BCUT2D eigenvalue weighted by atomic mass is 10.3. The van der Waals surface area contributed by atoms with E-state index in [4.69, 9.17) is 0 Å². The molecule has 0 atom stereocenters. The molecule has 7 nitrogen and oxygen atoms in total. The summed E-state index contributed by atoms with van der Waals surface area (Å²) in [4.78, 5) is 25.3. The molecule has 4 heterocycles. The first-order valence-electron chi connectivity index (χ1n) is 9.64. The van der Waals surface area contributed by atoms with Gasteiger partial charge in [-0.25, -0.2) is 19.9 Å². The molecule has 138 valence electrons. The summed E-state index contributed by atoms with van der Waals surface area (Å²) >= 11 is 0. The van der Waals surface area contributed by atoms with Crippen molar-refractivity contribution < 1.29 is 0 Å². The highest BCUT2D eigenvalue weighted by atomic mass is 15.3. The van der Waals surface area contributed by atoms with Crippen molar-refractivity contribution >= 4 is 17.6 Å². The standard InChI is InChI=1S/C19H27N7/c1-3-16-13-20-19(21-14-16)26-10-8-25(9-11-26)18-12-17(22-15(2)23-18)24-6-4-5-7-24/h12-14H,3-11H2,1-2H3. The van der Waals surface area contributed by atoms with Crippen molar-refractivity contribution in [3.05, 3.63) is 29.8 Å². The van der Waals surface area contributed by atoms with Gasteiger partial charge in [0.2, 0.25) is 5.95 Å². The molecule has 0 aromatic carbocycles. The third kappa shape index (κ3) is 3.57. The number of anilines is 3. The third-order valence-electron chi connectivity index (χ3n) is 5.23. The second-order valence-electron chi connectivity index (χ2n) is 7.04. The molecular formula is C19H27N7. The lowest BCUT2D eigenvalue weighted by molar-refractivity contribution is 0.632. The van der Waals surface area contributed by atoms with Crippen LogP contribution in [0.3, 0.4) is 0 Å². The first-order chi connectivity index (χ1) is 12.7. The molecule has 7 heteroatoms. The Hall–Kier alpha value is -2.44. The van der Waals surface area contributed by atoms with Gasteiger partial charge in [-0.2, -0.15) is 0 Å². The first-order valence-corrected chi connectivity index (χ1v) is 9.64. The van der Waals surface area contributed by atoms with Crippen molar-refractivity contribution in [3.8, 4) is 0 Å². The average molecular weight is 353 g/mol. The molecule has 0 aliphatic carbocycles. The van der Waals surface area contributed by atoms with Gasteiger partial charge in [0.05, 0.1) is 0 Å². The zero-order valence-corrected chi connectivity index (χ0v) is 15.7. The Morgan fingerprint density at radius 3 is 1.92 bits per heavy atom. The molecule has 2 aromatic heterocycles. The van der Waals surface area contributed by atoms with Crippen molar-refractivity contribution in [2.45, 2.75) is 33.1 Å². The Morgan fingerprint density at radius 2 is 1.35 bits per heavy atom. The van der Waals surface area contributed by atoms with E-state index in [1.54, 1.807) is 0 Å². The molecule has 4 rings (SSSR count). The summed E-state index contributed by atoms with van der Waals surface area (Å²) in [5.41, 5.74) is 1.18. The van der Waals surface area contributed by atoms with Crippen LogP contribution >= 0.6 is 0 Å². The predicted octanol–water partition coefficient (Wildman–Crippen LogP) is 2.06. The molecule has 2 aliphatic heterocycles. The molecule has 2 fully saturated rings. The number of nitrogens with zero attached hydrogens (tertiary/aromatic N) is 7. The maximum atomic E-state index is 4.69. The fraction of sp³-hybridized carbons (Fsp3) is 0.579. The van der Waals surface area contributed by atoms with E-state index in [1.807, 2.05) is 19.3 Å². The minimum absolute atomic E-state index is 0.832. The van der Waals surface area contributed by atoms with Crippen LogP contribution in [0, 0.1) is 6.92 Å². The number of rotatable bonds is 4. The number of aromatic nitrogens is 4. The lowest BCUT2D eigenvalue weighted by Crippen LogP contribution is -2.47. The topological polar surface area (TPSA) is 61.3 Å². The molecule has 2 aromatic rings. The summed E-state index contributed by atoms with van der Waals surface area (Å²) < 4.78 is 0. The summed E-state index contributed by atoms with van der Waals surface area (Å²) in [7, 11) is 0. The third-order valence-corrected chi connectivity index (χ3v) is 5.23. The summed E-state index contributed by atoms with van der Waals surface area (Å²) in [5.74, 6) is 3.80. The molecule has 2 saturated heterocycles. The van der Waals surface area contributed by atoms with Gasteiger partial charge in [0, 0.05) is 57.7 Å². The average Bonchev–Trinajstić information content (AvgIpc) is 3.23. The largest absolute Gasteiger partial charge is 0.356 e. The van der Waals surface area contributed by atoms with Gasteiger partial charge in [0.15, 0.2) is 0 Å². The van der Waals surface area contributed by atoms with Crippen molar-refractivity contribution in [3.63, 3.8) is 0 Å². The van der Waals surface area contributed by atoms with Gasteiger partial charge < -0.3 is 14.7 Å². The fourth-order valence-electron chi connectivity index (χ4n) is 3.64. The van der Waals surface area contributed by atoms with E-state index in [2.05, 4.69) is 47.6 Å². The molecule has 0 radical (unpaired) electrons. The SMILES string of the molecule is CCc1cnc(N2CCN(c3cc(N4CCCC4)nc(C)n3)CC2)nc1. The summed E-state index contributed by atoms with van der Waals surface area (Å²) in [6.45, 7) is 9.99. The first kappa shape index (κ1) is 17.0. The van der Waals surface area contributed by atoms with E-state index < -0.39 is 0 Å². The van der Waals surface area contributed by atoms with Gasteiger partial charge in [-0.1, -0.05) is 6.92 Å². The Morgan fingerprint density at radius 1 is 0.808 bits per heavy atom. The number of piperazine rings is 1. The van der Waals surface area contributed by atoms with Crippen LogP contribution in [-0.2, 0) is 6.42 Å². The Labute approximate surface area is 155 Å². The molecule has 0 amide bonds. The maximum absolute atomic E-state index is 4.69. The van der Waals surface area contributed by atoms with Crippen molar-refractivity contribution in [1.29, 1.82) is 0 Å². The van der Waals surface area contributed by atoms with E-state index in [1.165, 1.54) is 18.4 Å². The van der Waals surface area contributed by atoms with Gasteiger partial charge in [0.1, 0.15) is 17.5 Å². The van der Waals surface area contributed by atoms with Crippen molar-refractivity contribution in [1.82, 2.24) is 19.9 Å². The smallest absolute Gasteiger partial charge is 0.225 e. The normalized spacial score (nSPS) is 17.8. The van der Waals surface area contributed by atoms with Crippen molar-refractivity contribution in [2.24, 2.45) is 0 Å². The summed E-state index contributed by atoms with van der Waals surface area (Å²) in [6, 6.07) is 2.15. The maximum Gasteiger partial charge on any atom is 0.225 e. The number of hydrogen-bond acceptors (Lipinski definition) is 7. The van der Waals surface area contributed by atoms with Gasteiger partial charge in [-0.15, -0.1) is 0 Å². The van der Waals surface area contributed by atoms with E-state index in [0.717, 1.165) is 69.1 Å². The van der Waals surface area contributed by atoms with Gasteiger partial charge in [-0.05, 0) is 31.7 Å². The lowest BCUT2D eigenvalue weighted by Gasteiger charge is -2.35. The van der Waals surface area contributed by atoms with Crippen LogP contribution in [0.15, 0.2) is 18.5 Å². The minimum Gasteiger partial charge on any atom is -0.356 e. The quantitative estimate of drug-likeness (QED) is 0.834. The molecule has 2 aliphatic rings. The molecule has 0 spiro atoms. The monoisotopic (exact) mass is 353 g/mol. The molecule has 0 saturated carbocycles. The van der Waals surface area contributed by atoms with Gasteiger partial charge in [-0.3, -0.25) is 0 Å². The van der Waals surface area contributed by atoms with Gasteiger partial charge in [0.25, 0.3) is 0 Å². The highest BCUT2D eigenvalue weighted by Crippen LogP contribution is 2.24. The van der Waals surface area contributed by atoms with Crippen LogP contribution in [0.2, 0.25) is 0 Å². The zero-order chi connectivity index (χ0) is 17.9. The fourth-order valence-corrected chi connectivity index (χ4v) is 3.64. The second kappa shape index (κ2) is 7.43. The Bertz CT molecular complexity index is 732. The summed E-state index contributed by atoms with van der Waals surface area (Å²) in [6.07, 6.45) is 7.36. The summed E-state index contributed by atoms with van der Waals surface area (Å²) in [5, 5.41) is 0. The van der Waals surface area contributed by atoms with E-state index in [0.29, 0.717) is 0 Å². The van der Waals surface area contributed by atoms with Gasteiger partial charge >= 0.3 is 0 Å². The highest BCUT2D eigenvalue weighted by molar-refractivity contribution is 5.52. The van der Waals surface area contributed by atoms with E-state index in [9.17, 15) is 0 Å². The van der Waals surface area contributed by atoms with Crippen LogP contribution in [0.1, 0.15) is 31.2 Å². The number of aryl methyl sites for hydroxylation is 2. The van der Waals surface area contributed by atoms with Crippen LogP contribution in [0.25, 0.3) is 0 Å². The van der Waals surface area contributed by atoms with E-state index in [-0.39, 0.29) is 0 Å². The Kier molecular flexibility index (Phi) is 4.86. The van der Waals surface area contributed by atoms with Crippen molar-refractivity contribution in [2.75, 3.05) is 54.0 Å². The van der Waals surface area contributed by atoms with Crippen LogP contribution in [0.5, 0.6) is 0 Å². The second-order valence-corrected chi connectivity index (χ2v) is 7.04. The molecule has 26 heavy (non-hydrogen) atoms.